The molecule has 0 aliphatic carbocycles. The molecule has 8 nitrogen and oxygen atoms in total. The Hall–Kier alpha value is -2.19. The fourth-order valence-corrected chi connectivity index (χ4v) is 3.03. The molecule has 4 rings (SSSR count). The molecule has 4 heterocycles. The lowest BCUT2D eigenvalue weighted by Gasteiger charge is -2.36. The Balaban J connectivity index is 1.48. The first-order valence-electron chi connectivity index (χ1n) is 8.39. The Kier molecular flexibility index (Phi) is 4.31. The van der Waals surface area contributed by atoms with E-state index in [2.05, 4.69) is 20.3 Å². The van der Waals surface area contributed by atoms with E-state index in [1.807, 2.05) is 17.2 Å². The van der Waals surface area contributed by atoms with Gasteiger partial charge in [-0.25, -0.2) is 9.97 Å². The molecule has 1 atom stereocenters. The Morgan fingerprint density at radius 2 is 2.29 bits per heavy atom. The van der Waals surface area contributed by atoms with Crippen LogP contribution in [0.15, 0.2) is 18.6 Å². The van der Waals surface area contributed by atoms with Gasteiger partial charge in [-0.1, -0.05) is 0 Å². The molecular formula is C16H22N6O2. The minimum absolute atomic E-state index is 0.274. The third-order valence-corrected chi connectivity index (χ3v) is 4.48. The fourth-order valence-electron chi connectivity index (χ4n) is 3.03. The van der Waals surface area contributed by atoms with Gasteiger partial charge in [0.15, 0.2) is 0 Å². The summed E-state index contributed by atoms with van der Waals surface area (Å²) in [4.78, 5) is 18.4. The van der Waals surface area contributed by atoms with Gasteiger partial charge in [0.25, 0.3) is 0 Å². The minimum Gasteiger partial charge on any atom is -0.389 e. The van der Waals surface area contributed by atoms with Crippen LogP contribution in [-0.4, -0.2) is 64.0 Å². The quantitative estimate of drug-likeness (QED) is 0.711. The third-order valence-electron chi connectivity index (χ3n) is 4.48. The number of imidazole rings is 1. The SMILES string of the molecule is OC1CN(c2nc(NCCc3cnc[nH]3)cc([C@@H]3CCOC3)n2)C1. The fraction of sp³-hybridized carbons (Fsp3) is 0.562. The molecule has 0 spiro atoms. The lowest BCUT2D eigenvalue weighted by Crippen LogP contribution is -2.51. The normalized spacial score (nSPS) is 21.0. The van der Waals surface area contributed by atoms with Gasteiger partial charge in [-0.2, -0.15) is 4.98 Å². The number of rotatable bonds is 6. The average molecular weight is 330 g/mol. The number of H-pyrrole nitrogens is 1. The first kappa shape index (κ1) is 15.3. The maximum atomic E-state index is 9.53. The number of aliphatic hydroxyl groups is 1. The molecule has 2 aromatic rings. The summed E-state index contributed by atoms with van der Waals surface area (Å²) in [6, 6.07) is 2.02. The molecule has 0 bridgehead atoms. The predicted octanol–water partition coefficient (Wildman–Crippen LogP) is 0.539. The van der Waals surface area contributed by atoms with Crippen LogP contribution in [-0.2, 0) is 11.2 Å². The van der Waals surface area contributed by atoms with E-state index in [-0.39, 0.29) is 6.10 Å². The molecular weight excluding hydrogens is 308 g/mol. The summed E-state index contributed by atoms with van der Waals surface area (Å²) >= 11 is 0. The van der Waals surface area contributed by atoms with Crippen LogP contribution in [0.4, 0.5) is 11.8 Å². The lowest BCUT2D eigenvalue weighted by atomic mass is 10.0. The number of hydrogen-bond donors (Lipinski definition) is 3. The lowest BCUT2D eigenvalue weighted by molar-refractivity contribution is 0.140. The van der Waals surface area contributed by atoms with Crippen LogP contribution in [0.1, 0.15) is 23.7 Å². The predicted molar refractivity (Wildman–Crippen MR) is 89.2 cm³/mol. The molecule has 0 aromatic carbocycles. The van der Waals surface area contributed by atoms with Crippen molar-refractivity contribution in [2.24, 2.45) is 0 Å². The molecule has 0 amide bonds. The van der Waals surface area contributed by atoms with E-state index in [1.54, 1.807) is 6.33 Å². The number of nitrogens with zero attached hydrogens (tertiary/aromatic N) is 4. The highest BCUT2D eigenvalue weighted by molar-refractivity contribution is 5.46. The zero-order valence-electron chi connectivity index (χ0n) is 13.5. The molecule has 0 radical (unpaired) electrons. The van der Waals surface area contributed by atoms with Gasteiger partial charge in [0.2, 0.25) is 5.95 Å². The van der Waals surface area contributed by atoms with Crippen LogP contribution >= 0.6 is 0 Å². The van der Waals surface area contributed by atoms with Gasteiger partial charge in [-0.05, 0) is 6.42 Å². The molecule has 128 valence electrons. The summed E-state index contributed by atoms with van der Waals surface area (Å²) in [6.45, 7) is 3.46. The van der Waals surface area contributed by atoms with Crippen molar-refractivity contribution in [2.45, 2.75) is 24.9 Å². The van der Waals surface area contributed by atoms with Gasteiger partial charge in [0.05, 0.1) is 24.7 Å². The Labute approximate surface area is 140 Å². The van der Waals surface area contributed by atoms with Gasteiger partial charge in [-0.15, -0.1) is 0 Å². The van der Waals surface area contributed by atoms with Gasteiger partial charge in [-0.3, -0.25) is 0 Å². The van der Waals surface area contributed by atoms with Crippen molar-refractivity contribution < 1.29 is 9.84 Å². The van der Waals surface area contributed by atoms with Crippen molar-refractivity contribution >= 4 is 11.8 Å². The van der Waals surface area contributed by atoms with Crippen LogP contribution in [0.5, 0.6) is 0 Å². The summed E-state index contributed by atoms with van der Waals surface area (Å²) in [7, 11) is 0. The summed E-state index contributed by atoms with van der Waals surface area (Å²) in [5, 5.41) is 12.9. The number of nitrogens with one attached hydrogen (secondary N) is 2. The Bertz CT molecular complexity index is 665. The van der Waals surface area contributed by atoms with E-state index in [4.69, 9.17) is 9.72 Å². The second kappa shape index (κ2) is 6.74. The van der Waals surface area contributed by atoms with Crippen molar-refractivity contribution in [2.75, 3.05) is 43.1 Å². The molecule has 0 unspecified atom stereocenters. The zero-order valence-corrected chi connectivity index (χ0v) is 13.5. The van der Waals surface area contributed by atoms with Crippen molar-refractivity contribution in [3.8, 4) is 0 Å². The maximum absolute atomic E-state index is 9.53. The van der Waals surface area contributed by atoms with E-state index < -0.39 is 0 Å². The Morgan fingerprint density at radius 1 is 1.38 bits per heavy atom. The smallest absolute Gasteiger partial charge is 0.227 e. The average Bonchev–Trinajstić information content (AvgIpc) is 3.25. The maximum Gasteiger partial charge on any atom is 0.227 e. The van der Waals surface area contributed by atoms with Gasteiger partial charge in [0, 0.05) is 56.5 Å². The van der Waals surface area contributed by atoms with E-state index in [0.717, 1.165) is 43.2 Å². The van der Waals surface area contributed by atoms with Gasteiger partial charge in [0.1, 0.15) is 5.82 Å². The van der Waals surface area contributed by atoms with Crippen molar-refractivity contribution in [3.63, 3.8) is 0 Å². The van der Waals surface area contributed by atoms with E-state index in [1.165, 1.54) is 0 Å². The molecule has 0 saturated carbocycles. The molecule has 2 aliphatic heterocycles. The number of aliphatic hydroxyl groups excluding tert-OH is 1. The molecule has 2 aromatic heterocycles. The summed E-state index contributed by atoms with van der Waals surface area (Å²) < 4.78 is 5.49. The second-order valence-electron chi connectivity index (χ2n) is 6.35. The highest BCUT2D eigenvalue weighted by atomic mass is 16.5. The molecule has 2 aliphatic rings. The molecule has 2 fully saturated rings. The topological polar surface area (TPSA) is 99.2 Å². The molecule has 24 heavy (non-hydrogen) atoms. The minimum atomic E-state index is -0.274. The van der Waals surface area contributed by atoms with Crippen LogP contribution < -0.4 is 10.2 Å². The third kappa shape index (κ3) is 3.34. The number of aromatic nitrogens is 4. The zero-order chi connectivity index (χ0) is 16.4. The highest BCUT2D eigenvalue weighted by Gasteiger charge is 2.28. The highest BCUT2D eigenvalue weighted by Crippen LogP contribution is 2.28. The van der Waals surface area contributed by atoms with Crippen molar-refractivity contribution in [1.29, 1.82) is 0 Å². The summed E-state index contributed by atoms with van der Waals surface area (Å²) in [5.41, 5.74) is 2.11. The molecule has 3 N–H and O–H groups in total. The van der Waals surface area contributed by atoms with Crippen LogP contribution in [0.3, 0.4) is 0 Å². The van der Waals surface area contributed by atoms with Crippen LogP contribution in [0, 0.1) is 0 Å². The standard InChI is InChI=1S/C16H22N6O2/c23-13-7-22(8-13)16-20-14(11-2-4-24-9-11)5-15(21-16)18-3-1-12-6-17-10-19-12/h5-6,10-11,13,23H,1-4,7-9H2,(H,17,19)(H,18,20,21)/t11-/m1/s1. The number of β-amino-alcohol motifs (C(OH)–C–C–N with tert-alkyl or cyclic N) is 1. The number of ether oxygens (including phenoxy) is 1. The van der Waals surface area contributed by atoms with Crippen LogP contribution in [0.2, 0.25) is 0 Å². The van der Waals surface area contributed by atoms with E-state index >= 15 is 0 Å². The second-order valence-corrected chi connectivity index (χ2v) is 6.35. The number of aromatic amines is 1. The van der Waals surface area contributed by atoms with E-state index in [9.17, 15) is 5.11 Å². The summed E-state index contributed by atoms with van der Waals surface area (Å²) in [5.74, 6) is 1.84. The van der Waals surface area contributed by atoms with Crippen molar-refractivity contribution in [3.05, 3.63) is 30.0 Å². The first-order chi connectivity index (χ1) is 11.8. The largest absolute Gasteiger partial charge is 0.389 e. The molecule has 8 heteroatoms. The number of anilines is 2. The molecule has 2 saturated heterocycles. The van der Waals surface area contributed by atoms with Crippen LogP contribution in [0.25, 0.3) is 0 Å². The van der Waals surface area contributed by atoms with Gasteiger partial charge >= 0.3 is 0 Å². The first-order valence-corrected chi connectivity index (χ1v) is 8.39. The van der Waals surface area contributed by atoms with Crippen molar-refractivity contribution in [1.82, 2.24) is 19.9 Å². The monoisotopic (exact) mass is 330 g/mol. The summed E-state index contributed by atoms with van der Waals surface area (Å²) in [6.07, 6.45) is 5.08. The van der Waals surface area contributed by atoms with Gasteiger partial charge < -0.3 is 25.0 Å². The Morgan fingerprint density at radius 3 is 3.00 bits per heavy atom. The van der Waals surface area contributed by atoms with E-state index in [0.29, 0.717) is 31.6 Å². The number of hydrogen-bond acceptors (Lipinski definition) is 7.